The third-order valence-electron chi connectivity index (χ3n) is 1.36. The van der Waals surface area contributed by atoms with Crippen LogP contribution in [0, 0.1) is 0 Å². The molecule has 1 rings (SSSR count). The van der Waals surface area contributed by atoms with Crippen molar-refractivity contribution in [1.82, 2.24) is 0 Å². The van der Waals surface area contributed by atoms with Crippen LogP contribution in [0.1, 0.15) is 12.5 Å². The zero-order chi connectivity index (χ0) is 6.69. The standard InChI is InChI=1S/C8H9B.H2S/c1-2-7-4-3-5-8(9)6-7;/h3-6H,2H2,1H3;1H2. The molecule has 0 N–H and O–H groups in total. The molecule has 0 saturated heterocycles. The summed E-state index contributed by atoms with van der Waals surface area (Å²) in [6.07, 6.45) is 1.06. The van der Waals surface area contributed by atoms with Gasteiger partial charge in [0.15, 0.2) is 0 Å². The summed E-state index contributed by atoms with van der Waals surface area (Å²) < 4.78 is 0. The molecule has 0 unspecified atom stereocenters. The van der Waals surface area contributed by atoms with Crippen molar-refractivity contribution < 1.29 is 0 Å². The van der Waals surface area contributed by atoms with Gasteiger partial charge in [-0.2, -0.15) is 13.5 Å². The first-order chi connectivity index (χ1) is 4.33. The Morgan fingerprint density at radius 3 is 2.50 bits per heavy atom. The van der Waals surface area contributed by atoms with Crippen LogP contribution in [0.2, 0.25) is 0 Å². The summed E-state index contributed by atoms with van der Waals surface area (Å²) in [4.78, 5) is 0. The van der Waals surface area contributed by atoms with Crippen LogP contribution in [-0.4, -0.2) is 7.85 Å². The van der Waals surface area contributed by atoms with Gasteiger partial charge in [0, 0.05) is 0 Å². The van der Waals surface area contributed by atoms with Crippen LogP contribution in [0.4, 0.5) is 0 Å². The Labute approximate surface area is 70.5 Å². The van der Waals surface area contributed by atoms with Gasteiger partial charge in [-0.25, -0.2) is 0 Å². The summed E-state index contributed by atoms with van der Waals surface area (Å²) in [6, 6.07) is 7.96. The number of benzene rings is 1. The number of aryl methyl sites for hydroxylation is 1. The molecule has 0 amide bonds. The molecule has 0 aliphatic carbocycles. The molecule has 0 fully saturated rings. The highest BCUT2D eigenvalue weighted by molar-refractivity contribution is 7.59. The maximum atomic E-state index is 5.53. The summed E-state index contributed by atoms with van der Waals surface area (Å²) >= 11 is 0. The van der Waals surface area contributed by atoms with E-state index in [-0.39, 0.29) is 13.5 Å². The van der Waals surface area contributed by atoms with E-state index in [0.29, 0.717) is 0 Å². The molecule has 0 saturated carbocycles. The van der Waals surface area contributed by atoms with E-state index in [1.807, 2.05) is 18.2 Å². The van der Waals surface area contributed by atoms with E-state index in [2.05, 4.69) is 13.0 Å². The minimum absolute atomic E-state index is 0. The topological polar surface area (TPSA) is 0 Å². The minimum atomic E-state index is 0. The molecule has 0 spiro atoms. The molecule has 0 nitrogen and oxygen atoms in total. The zero-order valence-corrected chi connectivity index (χ0v) is 7.09. The summed E-state index contributed by atoms with van der Waals surface area (Å²) in [5.74, 6) is 0. The van der Waals surface area contributed by atoms with Gasteiger partial charge in [0.25, 0.3) is 0 Å². The van der Waals surface area contributed by atoms with Gasteiger partial charge in [-0.05, 0) is 12.0 Å². The van der Waals surface area contributed by atoms with Crippen LogP contribution in [0.3, 0.4) is 0 Å². The van der Waals surface area contributed by atoms with E-state index in [0.717, 1.165) is 11.9 Å². The van der Waals surface area contributed by atoms with Crippen molar-refractivity contribution >= 4 is 26.8 Å². The second kappa shape index (κ2) is 4.45. The molecular formula is C8H11BS. The van der Waals surface area contributed by atoms with Crippen molar-refractivity contribution in [2.24, 2.45) is 0 Å². The molecule has 0 bridgehead atoms. The van der Waals surface area contributed by atoms with Gasteiger partial charge in [-0.15, -0.1) is 0 Å². The molecule has 10 heavy (non-hydrogen) atoms. The van der Waals surface area contributed by atoms with E-state index < -0.39 is 0 Å². The molecule has 0 aliphatic rings. The molecule has 1 aromatic carbocycles. The fraction of sp³-hybridized carbons (Fsp3) is 0.250. The smallest absolute Gasteiger partial charge is 0.113 e. The Hall–Kier alpha value is -0.365. The summed E-state index contributed by atoms with van der Waals surface area (Å²) in [5.41, 5.74) is 2.16. The molecule has 0 aromatic heterocycles. The van der Waals surface area contributed by atoms with E-state index in [9.17, 15) is 0 Å². The molecule has 2 heteroatoms. The largest absolute Gasteiger partial charge is 0.197 e. The molecule has 0 heterocycles. The fourth-order valence-electron chi connectivity index (χ4n) is 0.813. The van der Waals surface area contributed by atoms with Gasteiger partial charge >= 0.3 is 0 Å². The highest BCUT2D eigenvalue weighted by Gasteiger charge is 1.85. The number of hydrogen-bond donors (Lipinski definition) is 0. The Morgan fingerprint density at radius 1 is 1.40 bits per heavy atom. The van der Waals surface area contributed by atoms with Gasteiger partial charge in [-0.3, -0.25) is 0 Å². The highest BCUT2D eigenvalue weighted by atomic mass is 32.1. The van der Waals surface area contributed by atoms with Crippen LogP contribution in [-0.2, 0) is 6.42 Å². The number of rotatable bonds is 1. The average molecular weight is 150 g/mol. The molecule has 1 aromatic rings. The third-order valence-corrected chi connectivity index (χ3v) is 1.36. The van der Waals surface area contributed by atoms with Crippen LogP contribution in [0.15, 0.2) is 24.3 Å². The monoisotopic (exact) mass is 150 g/mol. The lowest BCUT2D eigenvalue weighted by Crippen LogP contribution is -2.01. The molecule has 0 atom stereocenters. The zero-order valence-electron chi connectivity index (χ0n) is 6.09. The third kappa shape index (κ3) is 2.48. The SMILES string of the molecule is S.[B]c1cccc(CC)c1. The van der Waals surface area contributed by atoms with Crippen LogP contribution in [0.25, 0.3) is 0 Å². The van der Waals surface area contributed by atoms with Crippen molar-refractivity contribution in [1.29, 1.82) is 0 Å². The Morgan fingerprint density at radius 2 is 2.10 bits per heavy atom. The molecule has 2 radical (unpaired) electrons. The van der Waals surface area contributed by atoms with Gasteiger partial charge in [0.05, 0.1) is 0 Å². The second-order valence-corrected chi connectivity index (χ2v) is 2.10. The Kier molecular flexibility index (Phi) is 4.29. The first-order valence-electron chi connectivity index (χ1n) is 3.17. The average Bonchev–Trinajstić information content (AvgIpc) is 1.88. The van der Waals surface area contributed by atoms with Crippen LogP contribution < -0.4 is 5.46 Å². The lowest BCUT2D eigenvalue weighted by molar-refractivity contribution is 1.14. The summed E-state index contributed by atoms with van der Waals surface area (Å²) in [5, 5.41) is 0. The summed E-state index contributed by atoms with van der Waals surface area (Å²) in [6.45, 7) is 2.12. The maximum absolute atomic E-state index is 5.53. The fourth-order valence-corrected chi connectivity index (χ4v) is 0.813. The lowest BCUT2D eigenvalue weighted by atomic mass is 9.94. The summed E-state index contributed by atoms with van der Waals surface area (Å²) in [7, 11) is 5.53. The van der Waals surface area contributed by atoms with Crippen molar-refractivity contribution in [3.8, 4) is 0 Å². The molecule has 52 valence electrons. The van der Waals surface area contributed by atoms with Gasteiger partial charge in [0.2, 0.25) is 0 Å². The van der Waals surface area contributed by atoms with E-state index >= 15 is 0 Å². The Balaban J connectivity index is 0.000000810. The molecule has 0 aliphatic heterocycles. The first-order valence-corrected chi connectivity index (χ1v) is 3.17. The van der Waals surface area contributed by atoms with Gasteiger partial charge in [0.1, 0.15) is 7.85 Å². The van der Waals surface area contributed by atoms with Gasteiger partial charge < -0.3 is 0 Å². The maximum Gasteiger partial charge on any atom is 0.113 e. The van der Waals surface area contributed by atoms with E-state index in [1.54, 1.807) is 0 Å². The highest BCUT2D eigenvalue weighted by Crippen LogP contribution is 1.94. The van der Waals surface area contributed by atoms with Gasteiger partial charge in [-0.1, -0.05) is 36.7 Å². The Bertz CT molecular complexity index is 198. The van der Waals surface area contributed by atoms with Crippen molar-refractivity contribution in [3.05, 3.63) is 29.8 Å². The predicted octanol–water partition coefficient (Wildman–Crippen LogP) is 1.16. The van der Waals surface area contributed by atoms with Crippen molar-refractivity contribution in [2.75, 3.05) is 0 Å². The number of hydrogen-bond acceptors (Lipinski definition) is 0. The normalized spacial score (nSPS) is 8.50. The predicted molar refractivity (Wildman–Crippen MR) is 51.6 cm³/mol. The van der Waals surface area contributed by atoms with Crippen molar-refractivity contribution in [3.63, 3.8) is 0 Å². The quantitative estimate of drug-likeness (QED) is 0.527. The molecular weight excluding hydrogens is 139 g/mol. The second-order valence-electron chi connectivity index (χ2n) is 2.10. The van der Waals surface area contributed by atoms with Crippen molar-refractivity contribution in [2.45, 2.75) is 13.3 Å². The van der Waals surface area contributed by atoms with Crippen LogP contribution >= 0.6 is 13.5 Å². The van der Waals surface area contributed by atoms with E-state index in [1.165, 1.54) is 5.56 Å². The van der Waals surface area contributed by atoms with Crippen LogP contribution in [0.5, 0.6) is 0 Å². The van der Waals surface area contributed by atoms with E-state index in [4.69, 9.17) is 7.85 Å². The lowest BCUT2D eigenvalue weighted by Gasteiger charge is -1.95. The minimum Gasteiger partial charge on any atom is -0.197 e. The first kappa shape index (κ1) is 9.63.